The first kappa shape index (κ1) is 16.4. The van der Waals surface area contributed by atoms with E-state index in [1.807, 2.05) is 6.92 Å². The monoisotopic (exact) mass is 282 g/mol. The Hall–Kier alpha value is -1.62. The Balaban J connectivity index is 2.68. The van der Waals surface area contributed by atoms with Crippen LogP contribution in [0.2, 0.25) is 0 Å². The first-order valence-corrected chi connectivity index (χ1v) is 6.94. The quantitative estimate of drug-likeness (QED) is 0.807. The molecular weight excluding hydrogens is 259 g/mol. The van der Waals surface area contributed by atoms with Crippen molar-refractivity contribution in [2.45, 2.75) is 52.3 Å². The van der Waals surface area contributed by atoms with Gasteiger partial charge < -0.3 is 15.8 Å². The first-order chi connectivity index (χ1) is 9.49. The van der Waals surface area contributed by atoms with Gasteiger partial charge in [-0.3, -0.25) is 4.79 Å². The predicted octanol–water partition coefficient (Wildman–Crippen LogP) is 2.36. The minimum atomic E-state index is -0.693. The van der Waals surface area contributed by atoms with Crippen molar-refractivity contribution in [2.75, 3.05) is 0 Å². The molecule has 4 nitrogen and oxygen atoms in total. The van der Waals surface area contributed by atoms with Gasteiger partial charge in [-0.15, -0.1) is 0 Å². The number of carbonyl (C=O) groups excluding carboxylic acids is 1. The van der Waals surface area contributed by atoms with Crippen LogP contribution in [0.25, 0.3) is 0 Å². The summed E-state index contributed by atoms with van der Waals surface area (Å²) in [6.45, 7) is 5.67. The Morgan fingerprint density at radius 3 is 2.75 bits per heavy atom. The van der Waals surface area contributed by atoms with Crippen LogP contribution in [-0.4, -0.2) is 18.1 Å². The van der Waals surface area contributed by atoms with Crippen molar-refractivity contribution in [3.05, 3.63) is 29.6 Å². The van der Waals surface area contributed by atoms with E-state index in [-0.39, 0.29) is 24.1 Å². The molecule has 1 rings (SSSR count). The highest BCUT2D eigenvalue weighted by Gasteiger charge is 2.18. The highest BCUT2D eigenvalue weighted by atomic mass is 19.1. The molecule has 3 N–H and O–H groups in total. The molecule has 0 aromatic heterocycles. The molecule has 0 radical (unpaired) electrons. The molecule has 0 saturated carbocycles. The summed E-state index contributed by atoms with van der Waals surface area (Å²) in [6, 6.07) is 4.57. The molecule has 1 amide bonds. The summed E-state index contributed by atoms with van der Waals surface area (Å²) in [6.07, 6.45) is 1.21. The first-order valence-electron chi connectivity index (χ1n) is 6.94. The summed E-state index contributed by atoms with van der Waals surface area (Å²) in [5, 5.41) is 2.86. The molecule has 20 heavy (non-hydrogen) atoms. The van der Waals surface area contributed by atoms with Crippen molar-refractivity contribution in [3.8, 4) is 5.75 Å². The molecular formula is C15H23FN2O2. The van der Waals surface area contributed by atoms with Crippen LogP contribution >= 0.6 is 0 Å². The van der Waals surface area contributed by atoms with E-state index < -0.39 is 11.9 Å². The largest absolute Gasteiger partial charge is 0.480 e. The van der Waals surface area contributed by atoms with Crippen molar-refractivity contribution in [3.63, 3.8) is 0 Å². The van der Waals surface area contributed by atoms with Gasteiger partial charge in [0.1, 0.15) is 11.6 Å². The number of halogens is 1. The Labute approximate surface area is 119 Å². The molecule has 0 aliphatic heterocycles. The summed E-state index contributed by atoms with van der Waals surface area (Å²) in [4.78, 5) is 12.0. The lowest BCUT2D eigenvalue weighted by Gasteiger charge is -2.19. The number of benzene rings is 1. The lowest BCUT2D eigenvalue weighted by Crippen LogP contribution is -2.41. The number of ether oxygens (including phenoxy) is 1. The molecule has 0 aliphatic rings. The van der Waals surface area contributed by atoms with Crippen molar-refractivity contribution in [1.82, 2.24) is 5.32 Å². The summed E-state index contributed by atoms with van der Waals surface area (Å²) in [5.74, 6) is -0.312. The van der Waals surface area contributed by atoms with E-state index in [4.69, 9.17) is 10.5 Å². The molecule has 112 valence electrons. The zero-order valence-corrected chi connectivity index (χ0v) is 12.3. The van der Waals surface area contributed by atoms with Crippen LogP contribution in [0.3, 0.4) is 0 Å². The highest BCUT2D eigenvalue weighted by Crippen LogP contribution is 2.22. The average Bonchev–Trinajstić information content (AvgIpc) is 2.39. The summed E-state index contributed by atoms with van der Waals surface area (Å²) in [5.41, 5.74) is 5.79. The van der Waals surface area contributed by atoms with Crippen molar-refractivity contribution >= 4 is 5.91 Å². The standard InChI is InChI=1S/C15H23FN2O2/c1-4-6-10(2)18-15(19)11(3)20-14-8-5-7-13(16)12(14)9-17/h5,7-8,10-11H,4,6,9,17H2,1-3H3,(H,18,19). The number of nitrogens with one attached hydrogen (secondary N) is 1. The van der Waals surface area contributed by atoms with Gasteiger partial charge in [0.15, 0.2) is 6.10 Å². The third kappa shape index (κ3) is 4.49. The molecule has 0 aliphatic carbocycles. The number of nitrogens with two attached hydrogens (primary N) is 1. The zero-order chi connectivity index (χ0) is 15.1. The van der Waals surface area contributed by atoms with Gasteiger partial charge in [0, 0.05) is 18.2 Å². The van der Waals surface area contributed by atoms with Gasteiger partial charge in [0.05, 0.1) is 0 Å². The van der Waals surface area contributed by atoms with Crippen molar-refractivity contribution < 1.29 is 13.9 Å². The van der Waals surface area contributed by atoms with Crippen LogP contribution in [-0.2, 0) is 11.3 Å². The summed E-state index contributed by atoms with van der Waals surface area (Å²) < 4.78 is 19.1. The lowest BCUT2D eigenvalue weighted by molar-refractivity contribution is -0.127. The molecule has 1 aromatic carbocycles. The van der Waals surface area contributed by atoms with Gasteiger partial charge in [0.2, 0.25) is 0 Å². The van der Waals surface area contributed by atoms with Gasteiger partial charge in [-0.2, -0.15) is 0 Å². The number of carbonyl (C=O) groups is 1. The summed E-state index contributed by atoms with van der Waals surface area (Å²) in [7, 11) is 0. The number of hydrogen-bond acceptors (Lipinski definition) is 3. The van der Waals surface area contributed by atoms with E-state index in [0.717, 1.165) is 12.8 Å². The van der Waals surface area contributed by atoms with E-state index in [0.29, 0.717) is 5.75 Å². The van der Waals surface area contributed by atoms with Crippen LogP contribution in [0, 0.1) is 5.82 Å². The van der Waals surface area contributed by atoms with E-state index in [1.54, 1.807) is 13.0 Å². The lowest BCUT2D eigenvalue weighted by atomic mass is 10.1. The fourth-order valence-corrected chi connectivity index (χ4v) is 1.96. The minimum Gasteiger partial charge on any atom is -0.480 e. The predicted molar refractivity (Wildman–Crippen MR) is 76.9 cm³/mol. The van der Waals surface area contributed by atoms with Crippen molar-refractivity contribution in [2.24, 2.45) is 5.73 Å². The van der Waals surface area contributed by atoms with E-state index >= 15 is 0 Å². The molecule has 0 spiro atoms. The smallest absolute Gasteiger partial charge is 0.260 e. The fourth-order valence-electron chi connectivity index (χ4n) is 1.96. The average molecular weight is 282 g/mol. The fraction of sp³-hybridized carbons (Fsp3) is 0.533. The third-order valence-corrected chi connectivity index (χ3v) is 3.06. The molecule has 2 atom stereocenters. The Morgan fingerprint density at radius 1 is 1.45 bits per heavy atom. The van der Waals surface area contributed by atoms with Crippen LogP contribution in [0.1, 0.15) is 39.2 Å². The van der Waals surface area contributed by atoms with E-state index in [9.17, 15) is 9.18 Å². The maximum Gasteiger partial charge on any atom is 0.260 e. The second kappa shape index (κ2) is 7.85. The second-order valence-corrected chi connectivity index (χ2v) is 4.88. The maximum atomic E-state index is 13.6. The van der Waals surface area contributed by atoms with Gasteiger partial charge in [0.25, 0.3) is 5.91 Å². The second-order valence-electron chi connectivity index (χ2n) is 4.88. The zero-order valence-electron chi connectivity index (χ0n) is 12.3. The minimum absolute atomic E-state index is 0.0303. The number of hydrogen-bond donors (Lipinski definition) is 2. The molecule has 5 heteroatoms. The third-order valence-electron chi connectivity index (χ3n) is 3.06. The summed E-state index contributed by atoms with van der Waals surface area (Å²) >= 11 is 0. The van der Waals surface area contributed by atoms with Crippen LogP contribution in [0.5, 0.6) is 5.75 Å². The number of rotatable bonds is 7. The highest BCUT2D eigenvalue weighted by molar-refractivity contribution is 5.81. The van der Waals surface area contributed by atoms with Gasteiger partial charge in [-0.1, -0.05) is 19.4 Å². The van der Waals surface area contributed by atoms with E-state index in [1.165, 1.54) is 12.1 Å². The molecule has 1 aromatic rings. The van der Waals surface area contributed by atoms with E-state index in [2.05, 4.69) is 12.2 Å². The maximum absolute atomic E-state index is 13.6. The van der Waals surface area contributed by atoms with Crippen molar-refractivity contribution in [1.29, 1.82) is 0 Å². The van der Waals surface area contributed by atoms with Crippen LogP contribution in [0.4, 0.5) is 4.39 Å². The molecule has 2 unspecified atom stereocenters. The molecule has 0 bridgehead atoms. The topological polar surface area (TPSA) is 64.3 Å². The molecule has 0 heterocycles. The van der Waals surface area contributed by atoms with Gasteiger partial charge in [-0.25, -0.2) is 4.39 Å². The molecule has 0 fully saturated rings. The SMILES string of the molecule is CCCC(C)NC(=O)C(C)Oc1cccc(F)c1CN. The Morgan fingerprint density at radius 2 is 2.15 bits per heavy atom. The van der Waals surface area contributed by atoms with Crippen LogP contribution in [0.15, 0.2) is 18.2 Å². The normalized spacial score (nSPS) is 13.7. The van der Waals surface area contributed by atoms with Crippen LogP contribution < -0.4 is 15.8 Å². The molecule has 0 saturated heterocycles. The van der Waals surface area contributed by atoms with Gasteiger partial charge >= 0.3 is 0 Å². The Kier molecular flexibility index (Phi) is 6.45. The van der Waals surface area contributed by atoms with Gasteiger partial charge in [-0.05, 0) is 32.4 Å². The number of amides is 1. The Bertz CT molecular complexity index is 451.